The maximum absolute atomic E-state index is 4.00. The van der Waals surface area contributed by atoms with E-state index in [-0.39, 0.29) is 6.17 Å². The summed E-state index contributed by atoms with van der Waals surface area (Å²) < 4.78 is 1.71. The maximum atomic E-state index is 4.00. The van der Waals surface area contributed by atoms with Crippen molar-refractivity contribution in [1.82, 2.24) is 0 Å². The normalized spacial score (nSPS) is 28.3. The zero-order valence-electron chi connectivity index (χ0n) is 4.50. The predicted octanol–water partition coefficient (Wildman–Crippen LogP) is 0.469. The average molecular weight is 98.1 g/mol. The van der Waals surface area contributed by atoms with Crippen LogP contribution in [0.1, 0.15) is 6.92 Å². The fraction of sp³-hybridized carbons (Fsp3) is 0.750. The quantitative estimate of drug-likeness (QED) is 0.394. The molecule has 3 heteroatoms. The Hall–Kier alpha value is -0.730. The number of nitrogens with zero attached hydrogens (tertiary/aromatic N) is 3. The van der Waals surface area contributed by atoms with Crippen LogP contribution in [0, 0.1) is 0 Å². The number of aliphatic imine (C=N–C) groups is 1. The molecule has 0 saturated heterocycles. The lowest BCUT2D eigenvalue weighted by Gasteiger charge is -1.75. The second-order valence-electron chi connectivity index (χ2n) is 1.59. The Morgan fingerprint density at radius 3 is 2.57 bits per heavy atom. The Kier molecular flexibility index (Phi) is 0.889. The van der Waals surface area contributed by atoms with Crippen LogP contribution in [0.4, 0.5) is 0 Å². The molecule has 38 valence electrons. The van der Waals surface area contributed by atoms with Gasteiger partial charge >= 0.3 is 6.34 Å². The zero-order valence-corrected chi connectivity index (χ0v) is 4.50. The van der Waals surface area contributed by atoms with Crippen LogP contribution in [0.2, 0.25) is 0 Å². The van der Waals surface area contributed by atoms with Gasteiger partial charge in [-0.2, -0.15) is 0 Å². The summed E-state index contributed by atoms with van der Waals surface area (Å²) in [6.45, 7) is 1.94. The highest BCUT2D eigenvalue weighted by Crippen LogP contribution is 1.94. The second-order valence-corrected chi connectivity index (χ2v) is 1.59. The van der Waals surface area contributed by atoms with E-state index >= 15 is 0 Å². The van der Waals surface area contributed by atoms with Crippen LogP contribution >= 0.6 is 0 Å². The highest BCUT2D eigenvalue weighted by Gasteiger charge is 2.09. The number of azo groups is 2. The van der Waals surface area contributed by atoms with Gasteiger partial charge in [-0.15, -0.1) is 4.70 Å². The molecule has 0 radical (unpaired) electrons. The fourth-order valence-electron chi connectivity index (χ4n) is 0.516. The number of hydrogen-bond acceptors (Lipinski definition) is 2. The first-order chi connectivity index (χ1) is 3.29. The Bertz CT molecular complexity index is 125. The zero-order chi connectivity index (χ0) is 5.28. The monoisotopic (exact) mass is 98.1 g/mol. The van der Waals surface area contributed by atoms with E-state index in [1.807, 2.05) is 14.0 Å². The van der Waals surface area contributed by atoms with Gasteiger partial charge in [-0.1, -0.05) is 10.1 Å². The summed E-state index contributed by atoms with van der Waals surface area (Å²) in [5.41, 5.74) is 0. The fourth-order valence-corrected chi connectivity index (χ4v) is 0.516. The van der Waals surface area contributed by atoms with Crippen molar-refractivity contribution in [3.05, 3.63) is 0 Å². The van der Waals surface area contributed by atoms with Gasteiger partial charge < -0.3 is 0 Å². The van der Waals surface area contributed by atoms with Crippen molar-refractivity contribution in [2.75, 3.05) is 7.05 Å². The topological polar surface area (TPSA) is 27.7 Å². The molecule has 0 fully saturated rings. The third kappa shape index (κ3) is 0.824. The molecule has 0 aromatic rings. The van der Waals surface area contributed by atoms with Gasteiger partial charge in [0, 0.05) is 6.92 Å². The molecule has 1 rings (SSSR count). The molecule has 0 aliphatic carbocycles. The van der Waals surface area contributed by atoms with Crippen molar-refractivity contribution < 1.29 is 4.70 Å². The minimum Gasteiger partial charge on any atom is -0.141 e. The lowest BCUT2D eigenvalue weighted by Crippen LogP contribution is -1.92. The van der Waals surface area contributed by atoms with Crippen LogP contribution in [0.5, 0.6) is 0 Å². The van der Waals surface area contributed by atoms with Crippen LogP contribution in [-0.4, -0.2) is 24.2 Å². The molecule has 0 spiro atoms. The molecule has 1 atom stereocenters. The summed E-state index contributed by atoms with van der Waals surface area (Å²) in [6, 6.07) is 0. The van der Waals surface area contributed by atoms with E-state index in [2.05, 4.69) is 10.1 Å². The van der Waals surface area contributed by atoms with E-state index in [1.54, 1.807) is 11.0 Å². The van der Waals surface area contributed by atoms with E-state index < -0.39 is 0 Å². The maximum Gasteiger partial charge on any atom is 0.302 e. The van der Waals surface area contributed by atoms with Crippen LogP contribution in [0.15, 0.2) is 10.1 Å². The summed E-state index contributed by atoms with van der Waals surface area (Å²) in [7, 11) is 1.87. The SMILES string of the molecule is C[C@@H]1N=C[N+](C)=N1. The second kappa shape index (κ2) is 1.40. The minimum absolute atomic E-state index is 0.144. The third-order valence-corrected chi connectivity index (χ3v) is 0.799. The van der Waals surface area contributed by atoms with Crippen LogP contribution in [0.3, 0.4) is 0 Å². The minimum atomic E-state index is 0.144. The largest absolute Gasteiger partial charge is 0.302 e. The van der Waals surface area contributed by atoms with Crippen molar-refractivity contribution >= 4 is 6.34 Å². The summed E-state index contributed by atoms with van der Waals surface area (Å²) in [5.74, 6) is 0. The van der Waals surface area contributed by atoms with Crippen LogP contribution in [-0.2, 0) is 0 Å². The molecule has 1 heterocycles. The molecule has 0 N–H and O–H groups in total. The lowest BCUT2D eigenvalue weighted by molar-refractivity contribution is -0.436. The van der Waals surface area contributed by atoms with Gasteiger partial charge in [-0.05, 0) is 0 Å². The Morgan fingerprint density at radius 1 is 1.71 bits per heavy atom. The Balaban J connectivity index is 2.69. The first-order valence-electron chi connectivity index (χ1n) is 2.26. The lowest BCUT2D eigenvalue weighted by atomic mass is 10.6. The van der Waals surface area contributed by atoms with Crippen LogP contribution < -0.4 is 0 Å². The first kappa shape index (κ1) is 4.43. The molecule has 0 unspecified atom stereocenters. The van der Waals surface area contributed by atoms with E-state index in [0.29, 0.717) is 0 Å². The third-order valence-electron chi connectivity index (χ3n) is 0.799. The molecule has 0 saturated carbocycles. The highest BCUT2D eigenvalue weighted by atomic mass is 15.4. The summed E-state index contributed by atoms with van der Waals surface area (Å²) in [5, 5.41) is 4.00. The van der Waals surface area contributed by atoms with Crippen molar-refractivity contribution in [3.8, 4) is 0 Å². The molecule has 0 bridgehead atoms. The highest BCUT2D eigenvalue weighted by molar-refractivity contribution is 5.44. The van der Waals surface area contributed by atoms with Gasteiger partial charge in [-0.25, -0.2) is 0 Å². The Labute approximate surface area is 42.4 Å². The molecular formula is C4H8N3+. The molecule has 1 aliphatic rings. The van der Waals surface area contributed by atoms with Gasteiger partial charge in [-0.3, -0.25) is 0 Å². The molecule has 0 amide bonds. The van der Waals surface area contributed by atoms with Gasteiger partial charge in [0.15, 0.2) is 0 Å². The van der Waals surface area contributed by atoms with Gasteiger partial charge in [0.05, 0.1) is 0 Å². The van der Waals surface area contributed by atoms with E-state index in [4.69, 9.17) is 0 Å². The molecular weight excluding hydrogens is 90.1 g/mol. The van der Waals surface area contributed by atoms with E-state index in [9.17, 15) is 0 Å². The number of rotatable bonds is 0. The molecule has 3 nitrogen and oxygen atoms in total. The first-order valence-corrected chi connectivity index (χ1v) is 2.26. The molecule has 1 aliphatic heterocycles. The molecule has 7 heavy (non-hydrogen) atoms. The van der Waals surface area contributed by atoms with Crippen molar-refractivity contribution in [3.63, 3.8) is 0 Å². The van der Waals surface area contributed by atoms with E-state index in [1.165, 1.54) is 0 Å². The standard InChI is InChI=1S/C4H8N3/c1-4-5-3-7(2)6-4/h3-4H,1-2H3/q+1/t4-/m1/s1. The molecule has 0 aromatic heterocycles. The Morgan fingerprint density at radius 2 is 2.43 bits per heavy atom. The van der Waals surface area contributed by atoms with Crippen LogP contribution in [0.25, 0.3) is 0 Å². The predicted molar refractivity (Wildman–Crippen MR) is 26.6 cm³/mol. The average Bonchev–Trinajstić information content (AvgIpc) is 1.87. The van der Waals surface area contributed by atoms with Crippen molar-refractivity contribution in [2.45, 2.75) is 13.1 Å². The van der Waals surface area contributed by atoms with E-state index in [0.717, 1.165) is 0 Å². The van der Waals surface area contributed by atoms with Gasteiger partial charge in [0.2, 0.25) is 0 Å². The summed E-state index contributed by atoms with van der Waals surface area (Å²) >= 11 is 0. The summed E-state index contributed by atoms with van der Waals surface area (Å²) in [4.78, 5) is 3.95. The van der Waals surface area contributed by atoms with Crippen molar-refractivity contribution in [1.29, 1.82) is 0 Å². The number of hydrogen-bond donors (Lipinski definition) is 0. The molecule has 0 aromatic carbocycles. The van der Waals surface area contributed by atoms with Crippen molar-refractivity contribution in [2.24, 2.45) is 10.1 Å². The summed E-state index contributed by atoms with van der Waals surface area (Å²) in [6.07, 6.45) is 1.86. The smallest absolute Gasteiger partial charge is 0.141 e. The van der Waals surface area contributed by atoms with Gasteiger partial charge in [0.25, 0.3) is 6.17 Å². The van der Waals surface area contributed by atoms with Gasteiger partial charge in [0.1, 0.15) is 7.05 Å².